The summed E-state index contributed by atoms with van der Waals surface area (Å²) in [6, 6.07) is 6.23. The van der Waals surface area contributed by atoms with E-state index in [0.29, 0.717) is 22.2 Å². The van der Waals surface area contributed by atoms with Gasteiger partial charge in [0.05, 0.1) is 19.1 Å². The zero-order chi connectivity index (χ0) is 19.6. The van der Waals surface area contributed by atoms with Crippen molar-refractivity contribution in [1.82, 2.24) is 4.90 Å². The number of amides is 1. The van der Waals surface area contributed by atoms with Crippen LogP contribution in [0.2, 0.25) is 0 Å². The monoisotopic (exact) mass is 426 g/mol. The van der Waals surface area contributed by atoms with Crippen molar-refractivity contribution in [3.63, 3.8) is 0 Å². The molecule has 3 rings (SSSR count). The SMILES string of the molecule is COC(=O)c1c(NC(=O)Cc2ccc(F)cc2)sc2c1CCN(C(C)C)C2.Cl. The molecule has 0 unspecified atom stereocenters. The molecule has 0 saturated carbocycles. The summed E-state index contributed by atoms with van der Waals surface area (Å²) >= 11 is 1.43. The van der Waals surface area contributed by atoms with E-state index < -0.39 is 5.97 Å². The zero-order valence-corrected chi connectivity index (χ0v) is 17.7. The largest absolute Gasteiger partial charge is 0.465 e. The van der Waals surface area contributed by atoms with E-state index >= 15 is 0 Å². The molecule has 0 saturated heterocycles. The topological polar surface area (TPSA) is 58.6 Å². The summed E-state index contributed by atoms with van der Waals surface area (Å²) in [5.74, 6) is -1.01. The van der Waals surface area contributed by atoms with Crippen LogP contribution in [0.1, 0.15) is 40.2 Å². The molecule has 0 fully saturated rings. The second-order valence-corrected chi connectivity index (χ2v) is 7.97. The van der Waals surface area contributed by atoms with Gasteiger partial charge >= 0.3 is 5.97 Å². The Balaban J connectivity index is 0.00000280. The number of anilines is 1. The number of halogens is 2. The Labute approximate surface area is 174 Å². The first-order valence-corrected chi connectivity index (χ1v) is 9.72. The van der Waals surface area contributed by atoms with Crippen molar-refractivity contribution in [2.75, 3.05) is 19.0 Å². The van der Waals surface area contributed by atoms with Crippen molar-refractivity contribution in [2.45, 2.75) is 39.3 Å². The van der Waals surface area contributed by atoms with Gasteiger partial charge in [-0.05, 0) is 43.5 Å². The molecule has 28 heavy (non-hydrogen) atoms. The first-order valence-electron chi connectivity index (χ1n) is 8.90. The molecule has 1 aliphatic rings. The summed E-state index contributed by atoms with van der Waals surface area (Å²) in [4.78, 5) is 28.2. The first kappa shape index (κ1) is 22.3. The molecule has 0 spiro atoms. The normalized spacial score (nSPS) is 13.6. The Kier molecular flexibility index (Phi) is 7.57. The molecular weight excluding hydrogens is 403 g/mol. The van der Waals surface area contributed by atoms with Crippen molar-refractivity contribution >= 4 is 40.6 Å². The quantitative estimate of drug-likeness (QED) is 0.733. The van der Waals surface area contributed by atoms with Crippen LogP contribution < -0.4 is 5.32 Å². The molecule has 0 aliphatic carbocycles. The van der Waals surface area contributed by atoms with Crippen molar-refractivity contribution < 1.29 is 18.7 Å². The molecule has 0 atom stereocenters. The Morgan fingerprint density at radius 3 is 2.57 bits per heavy atom. The van der Waals surface area contributed by atoms with Crippen molar-refractivity contribution in [3.05, 3.63) is 51.7 Å². The number of fused-ring (bicyclic) bond motifs is 1. The van der Waals surface area contributed by atoms with Crippen LogP contribution in [0.5, 0.6) is 0 Å². The van der Waals surface area contributed by atoms with Crippen LogP contribution in [0, 0.1) is 5.82 Å². The first-order chi connectivity index (χ1) is 12.9. The number of benzene rings is 1. The standard InChI is InChI=1S/C20H23FN2O3S.ClH/c1-12(2)23-9-8-15-16(11-23)27-19(18(15)20(25)26-3)22-17(24)10-13-4-6-14(21)7-5-13;/h4-7,12H,8-11H2,1-3H3,(H,22,24);1H. The second kappa shape index (κ2) is 9.49. The molecule has 1 amide bonds. The van der Waals surface area contributed by atoms with Gasteiger partial charge in [-0.3, -0.25) is 9.69 Å². The summed E-state index contributed by atoms with van der Waals surface area (Å²) in [5, 5.41) is 3.39. The number of thiophene rings is 1. The van der Waals surface area contributed by atoms with Gasteiger partial charge in [0.1, 0.15) is 10.8 Å². The zero-order valence-electron chi connectivity index (χ0n) is 16.1. The highest BCUT2D eigenvalue weighted by Crippen LogP contribution is 2.38. The number of hydrogen-bond acceptors (Lipinski definition) is 5. The fraction of sp³-hybridized carbons (Fsp3) is 0.400. The van der Waals surface area contributed by atoms with Gasteiger partial charge in [-0.1, -0.05) is 12.1 Å². The lowest BCUT2D eigenvalue weighted by Gasteiger charge is -2.30. The highest BCUT2D eigenvalue weighted by molar-refractivity contribution is 7.17. The molecule has 8 heteroatoms. The van der Waals surface area contributed by atoms with Gasteiger partial charge in [-0.2, -0.15) is 0 Å². The molecule has 0 bridgehead atoms. The molecular formula is C20H24ClFN2O3S. The van der Waals surface area contributed by atoms with Crippen LogP contribution in [0.25, 0.3) is 0 Å². The predicted molar refractivity (Wildman–Crippen MR) is 111 cm³/mol. The van der Waals surface area contributed by atoms with E-state index in [-0.39, 0.29) is 30.6 Å². The number of esters is 1. The number of rotatable bonds is 5. The lowest BCUT2D eigenvalue weighted by molar-refractivity contribution is -0.115. The van der Waals surface area contributed by atoms with Gasteiger partial charge in [0.25, 0.3) is 0 Å². The fourth-order valence-corrected chi connectivity index (χ4v) is 4.51. The Bertz CT molecular complexity index is 852. The Morgan fingerprint density at radius 1 is 1.29 bits per heavy atom. The van der Waals surface area contributed by atoms with Crippen molar-refractivity contribution in [3.8, 4) is 0 Å². The number of carbonyl (C=O) groups is 2. The van der Waals surface area contributed by atoms with Gasteiger partial charge in [0.2, 0.25) is 5.91 Å². The maximum Gasteiger partial charge on any atom is 0.341 e. The van der Waals surface area contributed by atoms with Gasteiger partial charge < -0.3 is 10.1 Å². The molecule has 2 aromatic rings. The van der Waals surface area contributed by atoms with E-state index in [1.807, 2.05) is 0 Å². The molecule has 1 aromatic heterocycles. The Hall–Kier alpha value is -1.96. The number of ether oxygens (including phenoxy) is 1. The van der Waals surface area contributed by atoms with E-state index in [9.17, 15) is 14.0 Å². The van der Waals surface area contributed by atoms with Crippen LogP contribution in [-0.2, 0) is 28.9 Å². The molecule has 1 N–H and O–H groups in total. The lowest BCUT2D eigenvalue weighted by atomic mass is 10.0. The number of carbonyl (C=O) groups excluding carboxylic acids is 2. The van der Waals surface area contributed by atoms with E-state index in [2.05, 4.69) is 24.1 Å². The molecule has 1 aliphatic heterocycles. The van der Waals surface area contributed by atoms with Gasteiger partial charge in [0, 0.05) is 24.0 Å². The highest BCUT2D eigenvalue weighted by atomic mass is 35.5. The molecule has 152 valence electrons. The van der Waals surface area contributed by atoms with E-state index in [0.717, 1.165) is 30.0 Å². The summed E-state index contributed by atoms with van der Waals surface area (Å²) < 4.78 is 18.0. The van der Waals surface area contributed by atoms with Crippen molar-refractivity contribution in [2.24, 2.45) is 0 Å². The fourth-order valence-electron chi connectivity index (χ4n) is 3.23. The summed E-state index contributed by atoms with van der Waals surface area (Å²) in [6.45, 7) is 5.92. The number of nitrogens with one attached hydrogen (secondary N) is 1. The summed E-state index contributed by atoms with van der Waals surface area (Å²) in [7, 11) is 1.35. The van der Waals surface area contributed by atoms with E-state index in [1.54, 1.807) is 12.1 Å². The highest BCUT2D eigenvalue weighted by Gasteiger charge is 2.29. The predicted octanol–water partition coefficient (Wildman–Crippen LogP) is 4.04. The maximum atomic E-state index is 13.0. The van der Waals surface area contributed by atoms with Crippen LogP contribution in [0.15, 0.2) is 24.3 Å². The molecule has 0 radical (unpaired) electrons. The second-order valence-electron chi connectivity index (χ2n) is 6.87. The minimum Gasteiger partial charge on any atom is -0.465 e. The van der Waals surface area contributed by atoms with Crippen LogP contribution >= 0.6 is 23.7 Å². The maximum absolute atomic E-state index is 13.0. The van der Waals surface area contributed by atoms with Gasteiger partial charge in [-0.25, -0.2) is 9.18 Å². The average Bonchev–Trinajstić information content (AvgIpc) is 2.99. The smallest absolute Gasteiger partial charge is 0.341 e. The third-order valence-electron chi connectivity index (χ3n) is 4.74. The third kappa shape index (κ3) is 4.90. The van der Waals surface area contributed by atoms with Crippen LogP contribution in [0.4, 0.5) is 9.39 Å². The van der Waals surface area contributed by atoms with Crippen molar-refractivity contribution in [1.29, 1.82) is 0 Å². The van der Waals surface area contributed by atoms with E-state index in [1.165, 1.54) is 30.6 Å². The number of nitrogens with zero attached hydrogens (tertiary/aromatic N) is 1. The molecule has 2 heterocycles. The molecule has 5 nitrogen and oxygen atoms in total. The minimum atomic E-state index is -0.428. The summed E-state index contributed by atoms with van der Waals surface area (Å²) in [6.07, 6.45) is 0.865. The Morgan fingerprint density at radius 2 is 1.96 bits per heavy atom. The van der Waals surface area contributed by atoms with Crippen LogP contribution in [-0.4, -0.2) is 36.5 Å². The minimum absolute atomic E-state index is 0. The third-order valence-corrected chi connectivity index (χ3v) is 5.87. The average molecular weight is 427 g/mol. The van der Waals surface area contributed by atoms with Gasteiger partial charge in [-0.15, -0.1) is 23.7 Å². The summed E-state index contributed by atoms with van der Waals surface area (Å²) in [5.41, 5.74) is 2.15. The lowest BCUT2D eigenvalue weighted by Crippen LogP contribution is -2.35. The van der Waals surface area contributed by atoms with Gasteiger partial charge in [0.15, 0.2) is 0 Å². The molecule has 1 aromatic carbocycles. The number of hydrogen-bond donors (Lipinski definition) is 1. The van der Waals surface area contributed by atoms with E-state index in [4.69, 9.17) is 4.74 Å². The number of methoxy groups -OCH3 is 1. The van der Waals surface area contributed by atoms with Crippen LogP contribution in [0.3, 0.4) is 0 Å².